The molecule has 0 saturated heterocycles. The second-order valence-electron chi connectivity index (χ2n) is 5.11. The number of carbonyl (C=O) groups excluding carboxylic acids is 1. The molecule has 7 heteroatoms. The van der Waals surface area contributed by atoms with Crippen molar-refractivity contribution in [2.75, 3.05) is 5.32 Å². The van der Waals surface area contributed by atoms with Crippen molar-refractivity contribution in [2.45, 2.75) is 25.7 Å². The first kappa shape index (κ1) is 12.1. The van der Waals surface area contributed by atoms with Crippen LogP contribution < -0.4 is 5.32 Å². The van der Waals surface area contributed by atoms with Crippen molar-refractivity contribution >= 4 is 17.2 Å². The van der Waals surface area contributed by atoms with Crippen LogP contribution in [0.25, 0.3) is 5.65 Å². The molecular formula is C14H13N5O2. The topological polar surface area (TPSA) is 85.3 Å². The summed E-state index contributed by atoms with van der Waals surface area (Å²) in [5.74, 6) is 0.0617. The minimum atomic E-state index is -0.266. The second kappa shape index (κ2) is 4.69. The first-order valence-electron chi connectivity index (χ1n) is 6.89. The maximum Gasteiger partial charge on any atom is 0.294 e. The molecule has 4 rings (SSSR count). The van der Waals surface area contributed by atoms with E-state index in [1.54, 1.807) is 29.1 Å². The molecule has 3 aromatic heterocycles. The van der Waals surface area contributed by atoms with Crippen molar-refractivity contribution in [3.63, 3.8) is 0 Å². The van der Waals surface area contributed by atoms with Crippen LogP contribution in [0.15, 0.2) is 29.2 Å². The van der Waals surface area contributed by atoms with Gasteiger partial charge in [-0.2, -0.15) is 0 Å². The molecule has 1 N–H and O–H groups in total. The molecule has 3 heterocycles. The Hall–Kier alpha value is -2.70. The van der Waals surface area contributed by atoms with Crippen LogP contribution in [0.1, 0.15) is 34.7 Å². The maximum atomic E-state index is 12.3. The molecule has 1 amide bonds. The molecule has 7 nitrogen and oxygen atoms in total. The molecule has 0 aliphatic heterocycles. The van der Waals surface area contributed by atoms with Gasteiger partial charge in [0.15, 0.2) is 5.65 Å². The number of rotatable bonds is 2. The predicted molar refractivity (Wildman–Crippen MR) is 74.1 cm³/mol. The van der Waals surface area contributed by atoms with Crippen molar-refractivity contribution in [3.05, 3.63) is 41.7 Å². The summed E-state index contributed by atoms with van der Waals surface area (Å²) in [6.45, 7) is 0. The normalized spacial score (nSPS) is 14.1. The first-order chi connectivity index (χ1) is 10.3. The molecule has 0 aromatic carbocycles. The van der Waals surface area contributed by atoms with Crippen molar-refractivity contribution in [1.29, 1.82) is 0 Å². The monoisotopic (exact) mass is 283 g/mol. The Morgan fingerprint density at radius 3 is 3.14 bits per heavy atom. The molecule has 1 aliphatic rings. The van der Waals surface area contributed by atoms with Gasteiger partial charge in [0.25, 0.3) is 5.91 Å². The smallest absolute Gasteiger partial charge is 0.294 e. The lowest BCUT2D eigenvalue weighted by Gasteiger charge is -2.09. The summed E-state index contributed by atoms with van der Waals surface area (Å²) < 4.78 is 6.97. The quantitative estimate of drug-likeness (QED) is 0.775. The lowest BCUT2D eigenvalue weighted by Crippen LogP contribution is -2.14. The third-order valence-corrected chi connectivity index (χ3v) is 3.71. The van der Waals surface area contributed by atoms with E-state index in [1.165, 1.54) is 0 Å². The Morgan fingerprint density at radius 2 is 2.19 bits per heavy atom. The molecule has 21 heavy (non-hydrogen) atoms. The van der Waals surface area contributed by atoms with Gasteiger partial charge in [-0.05, 0) is 37.8 Å². The summed E-state index contributed by atoms with van der Waals surface area (Å²) in [5, 5.41) is 14.5. The van der Waals surface area contributed by atoms with E-state index in [4.69, 9.17) is 4.52 Å². The SMILES string of the molecule is O=C(Nc1ccc2nncn2c1)c1onc2c1CCCC2. The van der Waals surface area contributed by atoms with Gasteiger partial charge >= 0.3 is 0 Å². The largest absolute Gasteiger partial charge is 0.350 e. The molecule has 0 atom stereocenters. The number of aromatic nitrogens is 4. The minimum Gasteiger partial charge on any atom is -0.350 e. The zero-order valence-electron chi connectivity index (χ0n) is 11.2. The average molecular weight is 283 g/mol. The minimum absolute atomic E-state index is 0.266. The highest BCUT2D eigenvalue weighted by Crippen LogP contribution is 2.24. The van der Waals surface area contributed by atoms with Crippen LogP contribution in [0.4, 0.5) is 5.69 Å². The lowest BCUT2D eigenvalue weighted by molar-refractivity contribution is 0.0986. The summed E-state index contributed by atoms with van der Waals surface area (Å²) in [4.78, 5) is 12.3. The molecule has 0 bridgehead atoms. The third-order valence-electron chi connectivity index (χ3n) is 3.71. The number of nitrogens with zero attached hydrogens (tertiary/aromatic N) is 4. The molecule has 0 unspecified atom stereocenters. The van der Waals surface area contributed by atoms with E-state index in [1.807, 2.05) is 0 Å². The van der Waals surface area contributed by atoms with Gasteiger partial charge < -0.3 is 9.84 Å². The van der Waals surface area contributed by atoms with Crippen molar-refractivity contribution in [3.8, 4) is 0 Å². The zero-order chi connectivity index (χ0) is 14.2. The van der Waals surface area contributed by atoms with E-state index in [-0.39, 0.29) is 5.91 Å². The fourth-order valence-electron chi connectivity index (χ4n) is 2.66. The van der Waals surface area contributed by atoms with E-state index in [9.17, 15) is 4.79 Å². The van der Waals surface area contributed by atoms with Crippen LogP contribution in [0.3, 0.4) is 0 Å². The van der Waals surface area contributed by atoms with E-state index >= 15 is 0 Å². The Kier molecular flexibility index (Phi) is 2.70. The predicted octanol–water partition coefficient (Wildman–Crippen LogP) is 1.85. The van der Waals surface area contributed by atoms with Crippen LogP contribution in [-0.4, -0.2) is 25.7 Å². The lowest BCUT2D eigenvalue weighted by atomic mass is 9.96. The fourth-order valence-corrected chi connectivity index (χ4v) is 2.66. The Balaban J connectivity index is 1.61. The number of anilines is 1. The van der Waals surface area contributed by atoms with Gasteiger partial charge in [0, 0.05) is 11.8 Å². The summed E-state index contributed by atoms with van der Waals surface area (Å²) in [6, 6.07) is 3.57. The summed E-state index contributed by atoms with van der Waals surface area (Å²) in [7, 11) is 0. The summed E-state index contributed by atoms with van der Waals surface area (Å²) in [5.41, 5.74) is 3.25. The van der Waals surface area contributed by atoms with Crippen LogP contribution >= 0.6 is 0 Å². The van der Waals surface area contributed by atoms with Crippen LogP contribution in [0.2, 0.25) is 0 Å². The summed E-state index contributed by atoms with van der Waals surface area (Å²) in [6.07, 6.45) is 7.26. The maximum absolute atomic E-state index is 12.3. The molecule has 106 valence electrons. The van der Waals surface area contributed by atoms with Gasteiger partial charge in [-0.1, -0.05) is 5.16 Å². The van der Waals surface area contributed by atoms with E-state index in [2.05, 4.69) is 20.7 Å². The van der Waals surface area contributed by atoms with Gasteiger partial charge in [-0.15, -0.1) is 10.2 Å². The van der Waals surface area contributed by atoms with Crippen molar-refractivity contribution in [2.24, 2.45) is 0 Å². The highest BCUT2D eigenvalue weighted by Gasteiger charge is 2.24. The second-order valence-corrected chi connectivity index (χ2v) is 5.11. The third kappa shape index (κ3) is 2.06. The first-order valence-corrected chi connectivity index (χ1v) is 6.89. The van der Waals surface area contributed by atoms with E-state index < -0.39 is 0 Å². The molecular weight excluding hydrogens is 270 g/mol. The standard InChI is InChI=1S/C14H13N5O2/c20-14(13-10-3-1-2-4-11(10)18-21-13)16-9-5-6-12-17-15-8-19(12)7-9/h5-8H,1-4H2,(H,16,20). The van der Waals surface area contributed by atoms with Gasteiger partial charge in [0.05, 0.1) is 11.4 Å². The highest BCUT2D eigenvalue weighted by molar-refractivity contribution is 6.03. The highest BCUT2D eigenvalue weighted by atomic mass is 16.5. The molecule has 1 aliphatic carbocycles. The van der Waals surface area contributed by atoms with E-state index in [0.717, 1.165) is 42.6 Å². The molecule has 0 radical (unpaired) electrons. The Labute approximate surface area is 120 Å². The molecule has 0 saturated carbocycles. The number of fused-ring (bicyclic) bond motifs is 2. The van der Waals surface area contributed by atoms with Gasteiger partial charge in [-0.25, -0.2) is 0 Å². The average Bonchev–Trinajstić information content (AvgIpc) is 3.13. The van der Waals surface area contributed by atoms with Crippen LogP contribution in [-0.2, 0) is 12.8 Å². The van der Waals surface area contributed by atoms with E-state index in [0.29, 0.717) is 11.4 Å². The number of carbonyl (C=O) groups is 1. The number of amides is 1. The number of nitrogens with one attached hydrogen (secondary N) is 1. The fraction of sp³-hybridized carbons (Fsp3) is 0.286. The Bertz CT molecular complexity index is 820. The molecule has 0 fully saturated rings. The van der Waals surface area contributed by atoms with Gasteiger partial charge in [0.1, 0.15) is 6.33 Å². The number of aryl methyl sites for hydroxylation is 1. The number of hydrogen-bond donors (Lipinski definition) is 1. The van der Waals surface area contributed by atoms with Crippen LogP contribution in [0.5, 0.6) is 0 Å². The molecule has 3 aromatic rings. The summed E-state index contributed by atoms with van der Waals surface area (Å²) >= 11 is 0. The number of hydrogen-bond acceptors (Lipinski definition) is 5. The van der Waals surface area contributed by atoms with Gasteiger partial charge in [0.2, 0.25) is 5.76 Å². The Morgan fingerprint density at radius 1 is 1.29 bits per heavy atom. The van der Waals surface area contributed by atoms with Crippen molar-refractivity contribution in [1.82, 2.24) is 19.8 Å². The van der Waals surface area contributed by atoms with Gasteiger partial charge in [-0.3, -0.25) is 9.20 Å². The van der Waals surface area contributed by atoms with Crippen molar-refractivity contribution < 1.29 is 9.32 Å². The zero-order valence-corrected chi connectivity index (χ0v) is 11.2. The van der Waals surface area contributed by atoms with Crippen LogP contribution in [0, 0.1) is 0 Å². The molecule has 0 spiro atoms. The number of pyridine rings is 1.